The van der Waals surface area contributed by atoms with E-state index in [9.17, 15) is 8.42 Å². The molecule has 0 aromatic rings. The highest BCUT2D eigenvalue weighted by Gasteiger charge is 2.59. The second-order valence-corrected chi connectivity index (χ2v) is 16.7. The summed E-state index contributed by atoms with van der Waals surface area (Å²) >= 11 is 0. The monoisotopic (exact) mass is 626 g/mol. The van der Waals surface area contributed by atoms with Crippen molar-refractivity contribution in [3.05, 3.63) is 11.6 Å². The van der Waals surface area contributed by atoms with E-state index in [-0.39, 0.29) is 13.2 Å². The molecule has 0 aromatic carbocycles. The first kappa shape index (κ1) is 35.3. The average molecular weight is 627 g/mol. The first-order valence-corrected chi connectivity index (χ1v) is 19.0. The highest BCUT2D eigenvalue weighted by atomic mass is 32.2. The van der Waals surface area contributed by atoms with Crippen LogP contribution >= 0.6 is 0 Å². The van der Waals surface area contributed by atoms with Crippen molar-refractivity contribution >= 4 is 10.1 Å². The topological polar surface area (TPSA) is 91.3 Å². The predicted octanol–water partition coefficient (Wildman–Crippen LogP) is 7.35. The van der Waals surface area contributed by atoms with E-state index in [0.29, 0.717) is 50.0 Å². The van der Waals surface area contributed by atoms with Crippen LogP contribution in [0.25, 0.3) is 0 Å². The SMILES string of the molecule is CC(C)CCC[C@@H](C)[C@H]1CC[C@H]2[C@@H]3CC=C4C[C@@H](OCCOCCOCCOCCS(=O)(=O)O)CC[C@]4(C)[C@H]3CC[C@]12C. The van der Waals surface area contributed by atoms with Crippen LogP contribution in [0.3, 0.4) is 0 Å². The molecule has 0 radical (unpaired) electrons. The molecule has 4 rings (SSSR count). The van der Waals surface area contributed by atoms with Crippen molar-refractivity contribution in [2.24, 2.45) is 46.3 Å². The lowest BCUT2D eigenvalue weighted by molar-refractivity contribution is -0.0691. The van der Waals surface area contributed by atoms with Gasteiger partial charge in [0, 0.05) is 0 Å². The Kier molecular flexibility index (Phi) is 13.0. The van der Waals surface area contributed by atoms with E-state index in [2.05, 4.69) is 40.7 Å². The van der Waals surface area contributed by atoms with Crippen LogP contribution in [0.2, 0.25) is 0 Å². The third kappa shape index (κ3) is 9.28. The van der Waals surface area contributed by atoms with Gasteiger partial charge < -0.3 is 18.9 Å². The van der Waals surface area contributed by atoms with Gasteiger partial charge in [0.05, 0.1) is 58.1 Å². The first-order chi connectivity index (χ1) is 20.4. The summed E-state index contributed by atoms with van der Waals surface area (Å²) in [5.41, 5.74) is 2.58. The molecule has 7 nitrogen and oxygen atoms in total. The van der Waals surface area contributed by atoms with Crippen molar-refractivity contribution in [2.75, 3.05) is 52.0 Å². The van der Waals surface area contributed by atoms with Gasteiger partial charge in [-0.1, -0.05) is 65.5 Å². The van der Waals surface area contributed by atoms with E-state index in [1.165, 1.54) is 57.8 Å². The average Bonchev–Trinajstić information content (AvgIpc) is 3.30. The van der Waals surface area contributed by atoms with E-state index < -0.39 is 15.9 Å². The molecule has 0 saturated heterocycles. The first-order valence-electron chi connectivity index (χ1n) is 17.4. The molecule has 250 valence electrons. The lowest BCUT2D eigenvalue weighted by Gasteiger charge is -2.58. The lowest BCUT2D eigenvalue weighted by atomic mass is 9.47. The van der Waals surface area contributed by atoms with Crippen molar-refractivity contribution < 1.29 is 31.9 Å². The molecule has 4 aliphatic carbocycles. The highest BCUT2D eigenvalue weighted by molar-refractivity contribution is 7.85. The predicted molar refractivity (Wildman–Crippen MR) is 172 cm³/mol. The minimum Gasteiger partial charge on any atom is -0.378 e. The molecule has 8 heteroatoms. The molecular formula is C35H62O7S. The van der Waals surface area contributed by atoms with Crippen molar-refractivity contribution in [2.45, 2.75) is 111 Å². The zero-order chi connectivity index (χ0) is 31.1. The third-order valence-corrected chi connectivity index (χ3v) is 12.8. The Bertz CT molecular complexity index is 996. The largest absolute Gasteiger partial charge is 0.378 e. The van der Waals surface area contributed by atoms with Gasteiger partial charge in [0.15, 0.2) is 0 Å². The van der Waals surface area contributed by atoms with Crippen LogP contribution in [0, 0.1) is 46.3 Å². The molecule has 1 N–H and O–H groups in total. The fourth-order valence-corrected chi connectivity index (χ4v) is 10.1. The Hall–Kier alpha value is -0.510. The zero-order valence-corrected chi connectivity index (χ0v) is 28.7. The summed E-state index contributed by atoms with van der Waals surface area (Å²) in [6.07, 6.45) is 17.7. The van der Waals surface area contributed by atoms with E-state index in [1.807, 2.05) is 0 Å². The van der Waals surface area contributed by atoms with Crippen LogP contribution in [0.15, 0.2) is 11.6 Å². The van der Waals surface area contributed by atoms with E-state index >= 15 is 0 Å². The molecule has 0 aliphatic heterocycles. The molecular weight excluding hydrogens is 564 g/mol. The van der Waals surface area contributed by atoms with Crippen LogP contribution in [0.1, 0.15) is 105 Å². The lowest BCUT2D eigenvalue weighted by Crippen LogP contribution is -2.51. The summed E-state index contributed by atoms with van der Waals surface area (Å²) in [6.45, 7) is 15.3. The van der Waals surface area contributed by atoms with Crippen molar-refractivity contribution in [3.63, 3.8) is 0 Å². The second kappa shape index (κ2) is 15.9. The van der Waals surface area contributed by atoms with Crippen LogP contribution < -0.4 is 0 Å². The van der Waals surface area contributed by atoms with Crippen LogP contribution in [0.5, 0.6) is 0 Å². The van der Waals surface area contributed by atoms with E-state index in [4.69, 9.17) is 23.5 Å². The number of fused-ring (bicyclic) bond motifs is 5. The molecule has 3 saturated carbocycles. The summed E-state index contributed by atoms with van der Waals surface area (Å²) in [5.74, 6) is 4.84. The van der Waals surface area contributed by atoms with Crippen LogP contribution in [0.4, 0.5) is 0 Å². The molecule has 43 heavy (non-hydrogen) atoms. The number of rotatable bonds is 18. The minimum atomic E-state index is -3.97. The molecule has 0 amide bonds. The van der Waals surface area contributed by atoms with Crippen LogP contribution in [-0.2, 0) is 29.1 Å². The zero-order valence-electron chi connectivity index (χ0n) is 27.9. The summed E-state index contributed by atoms with van der Waals surface area (Å²) in [6, 6.07) is 0. The number of allylic oxidation sites excluding steroid dienone is 1. The fourth-order valence-electron chi connectivity index (χ4n) is 9.77. The van der Waals surface area contributed by atoms with E-state index in [0.717, 1.165) is 48.3 Å². The van der Waals surface area contributed by atoms with Crippen molar-refractivity contribution in [1.29, 1.82) is 0 Å². The Morgan fingerprint density at radius 1 is 0.860 bits per heavy atom. The molecule has 4 aliphatic rings. The van der Waals surface area contributed by atoms with E-state index in [1.54, 1.807) is 5.57 Å². The minimum absolute atomic E-state index is 0.0347. The Labute approximate surface area is 263 Å². The maximum absolute atomic E-state index is 10.6. The fraction of sp³-hybridized carbons (Fsp3) is 0.943. The maximum atomic E-state index is 10.6. The van der Waals surface area contributed by atoms with Gasteiger partial charge in [-0.3, -0.25) is 4.55 Å². The maximum Gasteiger partial charge on any atom is 0.267 e. The highest BCUT2D eigenvalue weighted by Crippen LogP contribution is 2.67. The number of hydrogen-bond acceptors (Lipinski definition) is 6. The van der Waals surface area contributed by atoms with Gasteiger partial charge >= 0.3 is 0 Å². The van der Waals surface area contributed by atoms with Gasteiger partial charge in [-0.2, -0.15) is 8.42 Å². The molecule has 0 unspecified atom stereocenters. The van der Waals surface area contributed by atoms with Gasteiger partial charge in [0.25, 0.3) is 10.1 Å². The molecule has 0 aromatic heterocycles. The second-order valence-electron chi connectivity index (χ2n) is 15.1. The molecule has 3 fully saturated rings. The Morgan fingerprint density at radius 3 is 2.21 bits per heavy atom. The standard InChI is InChI=1S/C35H62O7S/c1-26(2)7-6-8-27(3)31-11-12-32-30-10-9-28-25-29(13-15-34(28,4)33(30)14-16-35(31,32)5)42-22-21-40-18-17-39-19-20-41-23-24-43(36,37)38/h9,26-27,29-33H,6-8,10-25H2,1-5H3,(H,36,37,38)/t27-,29+,30+,31-,32+,33+,34+,35-/m1/s1. The summed E-state index contributed by atoms with van der Waals surface area (Å²) < 4.78 is 52.5. The summed E-state index contributed by atoms with van der Waals surface area (Å²) in [7, 11) is -3.97. The number of hydrogen-bond donors (Lipinski definition) is 1. The molecule has 0 bridgehead atoms. The quantitative estimate of drug-likeness (QED) is 0.0966. The summed E-state index contributed by atoms with van der Waals surface area (Å²) in [5, 5.41) is 0. The Morgan fingerprint density at radius 2 is 1.53 bits per heavy atom. The number of ether oxygens (including phenoxy) is 4. The molecule has 0 spiro atoms. The summed E-state index contributed by atoms with van der Waals surface area (Å²) in [4.78, 5) is 0. The van der Waals surface area contributed by atoms with Gasteiger partial charge in [-0.15, -0.1) is 0 Å². The normalized spacial score (nSPS) is 34.9. The third-order valence-electron chi connectivity index (χ3n) is 12.1. The van der Waals surface area contributed by atoms with Gasteiger partial charge in [0.2, 0.25) is 0 Å². The van der Waals surface area contributed by atoms with Crippen LogP contribution in [-0.4, -0.2) is 71.1 Å². The van der Waals surface area contributed by atoms with Gasteiger partial charge in [-0.25, -0.2) is 0 Å². The Balaban J connectivity index is 1.15. The van der Waals surface area contributed by atoms with Crippen molar-refractivity contribution in [3.8, 4) is 0 Å². The molecule has 8 atom stereocenters. The van der Waals surface area contributed by atoms with Crippen molar-refractivity contribution in [1.82, 2.24) is 0 Å². The van der Waals surface area contributed by atoms with Gasteiger partial charge in [0.1, 0.15) is 0 Å². The van der Waals surface area contributed by atoms with Gasteiger partial charge in [-0.05, 0) is 97.7 Å². The molecule has 0 heterocycles. The smallest absolute Gasteiger partial charge is 0.267 e.